The lowest BCUT2D eigenvalue weighted by Gasteiger charge is -2.10. The molecule has 7 nitrogen and oxygen atoms in total. The maximum atomic E-state index is 5.58. The van der Waals surface area contributed by atoms with Crippen molar-refractivity contribution in [1.29, 1.82) is 0 Å². The summed E-state index contributed by atoms with van der Waals surface area (Å²) in [4.78, 5) is 8.86. The standard InChI is InChI=1S/C17H33N5O2.HI/c1-6-18-17(20-10-12-23-11-8-13(2)3)19-9-7-15-21-16(14(4)5)22-24-15;/h13-14H,6-12H2,1-5H3,(H2,18,19,20);1H. The van der Waals surface area contributed by atoms with Gasteiger partial charge in [-0.25, -0.2) is 0 Å². The Kier molecular flexibility index (Phi) is 13.8. The maximum absolute atomic E-state index is 5.58. The summed E-state index contributed by atoms with van der Waals surface area (Å²) in [5, 5.41) is 10.5. The van der Waals surface area contributed by atoms with E-state index >= 15 is 0 Å². The molecule has 0 amide bonds. The normalized spacial score (nSPS) is 11.7. The fourth-order valence-corrected chi connectivity index (χ4v) is 1.88. The molecule has 0 spiro atoms. The van der Waals surface area contributed by atoms with Crippen molar-refractivity contribution in [3.05, 3.63) is 11.7 Å². The van der Waals surface area contributed by atoms with Gasteiger partial charge in [-0.3, -0.25) is 4.99 Å². The molecule has 0 saturated heterocycles. The second-order valence-electron chi connectivity index (χ2n) is 6.43. The van der Waals surface area contributed by atoms with Crippen molar-refractivity contribution in [2.24, 2.45) is 10.9 Å². The van der Waals surface area contributed by atoms with Gasteiger partial charge in [0, 0.05) is 32.0 Å². The molecule has 8 heteroatoms. The molecule has 0 fully saturated rings. The van der Waals surface area contributed by atoms with Gasteiger partial charge in [-0.05, 0) is 19.3 Å². The van der Waals surface area contributed by atoms with E-state index in [-0.39, 0.29) is 29.9 Å². The van der Waals surface area contributed by atoms with Crippen molar-refractivity contribution >= 4 is 29.9 Å². The van der Waals surface area contributed by atoms with Crippen LogP contribution in [0, 0.1) is 5.92 Å². The van der Waals surface area contributed by atoms with E-state index in [1.54, 1.807) is 0 Å². The monoisotopic (exact) mass is 467 g/mol. The van der Waals surface area contributed by atoms with Crippen molar-refractivity contribution in [2.75, 3.05) is 32.8 Å². The van der Waals surface area contributed by atoms with Crippen molar-refractivity contribution in [1.82, 2.24) is 20.8 Å². The molecule has 146 valence electrons. The highest BCUT2D eigenvalue weighted by Crippen LogP contribution is 2.09. The highest BCUT2D eigenvalue weighted by Gasteiger charge is 2.09. The van der Waals surface area contributed by atoms with Gasteiger partial charge < -0.3 is 19.9 Å². The fraction of sp³-hybridized carbons (Fsp3) is 0.824. The van der Waals surface area contributed by atoms with Crippen LogP contribution in [0.2, 0.25) is 0 Å². The van der Waals surface area contributed by atoms with Gasteiger partial charge in [0.2, 0.25) is 5.89 Å². The second kappa shape index (κ2) is 14.3. The molecule has 0 aliphatic rings. The number of hydrogen-bond acceptors (Lipinski definition) is 5. The number of hydrogen-bond donors (Lipinski definition) is 2. The molecular weight excluding hydrogens is 433 g/mol. The Bertz CT molecular complexity index is 477. The minimum atomic E-state index is 0. The molecule has 0 unspecified atom stereocenters. The Balaban J connectivity index is 0.00000576. The van der Waals surface area contributed by atoms with Gasteiger partial charge >= 0.3 is 0 Å². The van der Waals surface area contributed by atoms with Gasteiger partial charge in [0.15, 0.2) is 11.8 Å². The third kappa shape index (κ3) is 11.4. The van der Waals surface area contributed by atoms with E-state index in [1.807, 2.05) is 20.8 Å². The maximum Gasteiger partial charge on any atom is 0.228 e. The molecule has 1 aromatic rings. The Hall–Kier alpha value is -0.900. The number of rotatable bonds is 11. The largest absolute Gasteiger partial charge is 0.380 e. The van der Waals surface area contributed by atoms with Crippen molar-refractivity contribution in [3.8, 4) is 0 Å². The molecule has 0 aromatic carbocycles. The van der Waals surface area contributed by atoms with Gasteiger partial charge in [-0.2, -0.15) is 4.98 Å². The number of nitrogens with zero attached hydrogens (tertiary/aromatic N) is 3. The summed E-state index contributed by atoms with van der Waals surface area (Å²) in [7, 11) is 0. The van der Waals surface area contributed by atoms with Crippen molar-refractivity contribution in [2.45, 2.75) is 53.4 Å². The summed E-state index contributed by atoms with van der Waals surface area (Å²) < 4.78 is 10.8. The first-order chi connectivity index (χ1) is 11.5. The minimum absolute atomic E-state index is 0. The van der Waals surface area contributed by atoms with Crippen LogP contribution >= 0.6 is 24.0 Å². The lowest BCUT2D eigenvalue weighted by Crippen LogP contribution is -2.38. The Morgan fingerprint density at radius 3 is 2.56 bits per heavy atom. The Morgan fingerprint density at radius 1 is 1.20 bits per heavy atom. The number of ether oxygens (including phenoxy) is 1. The molecule has 0 aliphatic carbocycles. The molecule has 25 heavy (non-hydrogen) atoms. The summed E-state index contributed by atoms with van der Waals surface area (Å²) in [6.45, 7) is 14.1. The average molecular weight is 467 g/mol. The first-order valence-electron chi connectivity index (χ1n) is 8.95. The van der Waals surface area contributed by atoms with Crippen LogP contribution in [-0.2, 0) is 11.2 Å². The summed E-state index contributed by atoms with van der Waals surface area (Å²) in [6, 6.07) is 0. The zero-order valence-electron chi connectivity index (χ0n) is 16.2. The van der Waals surface area contributed by atoms with Gasteiger partial charge in [-0.15, -0.1) is 24.0 Å². The third-order valence-corrected chi connectivity index (χ3v) is 3.32. The van der Waals surface area contributed by atoms with Crippen LogP contribution in [0.3, 0.4) is 0 Å². The molecule has 0 atom stereocenters. The van der Waals surface area contributed by atoms with Crippen LogP contribution in [0.5, 0.6) is 0 Å². The molecule has 0 radical (unpaired) electrons. The number of aromatic nitrogens is 2. The van der Waals surface area contributed by atoms with Crippen LogP contribution in [0.1, 0.15) is 58.7 Å². The number of halogens is 1. The molecule has 0 saturated carbocycles. The summed E-state index contributed by atoms with van der Waals surface area (Å²) >= 11 is 0. The highest BCUT2D eigenvalue weighted by molar-refractivity contribution is 14.0. The zero-order chi connectivity index (χ0) is 17.8. The predicted octanol–water partition coefficient (Wildman–Crippen LogP) is 2.97. The zero-order valence-corrected chi connectivity index (χ0v) is 18.5. The third-order valence-electron chi connectivity index (χ3n) is 3.32. The van der Waals surface area contributed by atoms with Crippen molar-refractivity contribution in [3.63, 3.8) is 0 Å². The van der Waals surface area contributed by atoms with Crippen molar-refractivity contribution < 1.29 is 9.26 Å². The van der Waals surface area contributed by atoms with Crippen LogP contribution < -0.4 is 10.6 Å². The molecule has 1 heterocycles. The van der Waals surface area contributed by atoms with E-state index in [9.17, 15) is 0 Å². The number of aliphatic imine (C=N–C) groups is 1. The molecule has 1 aromatic heterocycles. The van der Waals surface area contributed by atoms with E-state index < -0.39 is 0 Å². The van der Waals surface area contributed by atoms with E-state index in [4.69, 9.17) is 9.26 Å². The van der Waals surface area contributed by atoms with Gasteiger partial charge in [0.25, 0.3) is 0 Å². The SMILES string of the molecule is CCNC(=NCCOCCC(C)C)NCCc1nc(C(C)C)no1.I. The van der Waals surface area contributed by atoms with Crippen LogP contribution in [0.15, 0.2) is 9.52 Å². The quantitative estimate of drug-likeness (QED) is 0.225. The van der Waals surface area contributed by atoms with E-state index in [0.29, 0.717) is 37.9 Å². The second-order valence-corrected chi connectivity index (χ2v) is 6.43. The summed E-state index contributed by atoms with van der Waals surface area (Å²) in [6.07, 6.45) is 1.76. The molecule has 0 bridgehead atoms. The predicted molar refractivity (Wildman–Crippen MR) is 112 cm³/mol. The minimum Gasteiger partial charge on any atom is -0.380 e. The van der Waals surface area contributed by atoms with E-state index in [1.165, 1.54) is 0 Å². The average Bonchev–Trinajstić information content (AvgIpc) is 2.99. The molecule has 2 N–H and O–H groups in total. The lowest BCUT2D eigenvalue weighted by atomic mass is 10.1. The first kappa shape index (κ1) is 24.1. The molecule has 1 rings (SSSR count). The smallest absolute Gasteiger partial charge is 0.228 e. The first-order valence-corrected chi connectivity index (χ1v) is 8.95. The molecular formula is C17H34IN5O2. The van der Waals surface area contributed by atoms with Gasteiger partial charge in [-0.1, -0.05) is 32.9 Å². The van der Waals surface area contributed by atoms with E-state index in [0.717, 1.165) is 31.4 Å². The van der Waals surface area contributed by atoms with Crippen LogP contribution in [0.4, 0.5) is 0 Å². The summed E-state index contributed by atoms with van der Waals surface area (Å²) in [5.74, 6) is 3.15. The van der Waals surface area contributed by atoms with Crippen LogP contribution in [-0.4, -0.2) is 48.9 Å². The Morgan fingerprint density at radius 2 is 1.96 bits per heavy atom. The lowest BCUT2D eigenvalue weighted by molar-refractivity contribution is 0.130. The number of nitrogens with one attached hydrogen (secondary N) is 2. The topological polar surface area (TPSA) is 84.6 Å². The Labute approximate surface area is 168 Å². The summed E-state index contributed by atoms with van der Waals surface area (Å²) in [5.41, 5.74) is 0. The van der Waals surface area contributed by atoms with Crippen LogP contribution in [0.25, 0.3) is 0 Å². The highest BCUT2D eigenvalue weighted by atomic mass is 127. The van der Waals surface area contributed by atoms with E-state index in [2.05, 4.69) is 39.6 Å². The molecule has 0 aliphatic heterocycles. The van der Waals surface area contributed by atoms with Gasteiger partial charge in [0.1, 0.15) is 0 Å². The number of guanidine groups is 1. The van der Waals surface area contributed by atoms with Gasteiger partial charge in [0.05, 0.1) is 13.2 Å². The fourth-order valence-electron chi connectivity index (χ4n) is 1.88.